The zero-order valence-corrected chi connectivity index (χ0v) is 13.2. The Bertz CT molecular complexity index is 293. The van der Waals surface area contributed by atoms with Crippen LogP contribution in [0.2, 0.25) is 0 Å². The van der Waals surface area contributed by atoms with Crippen LogP contribution in [0.25, 0.3) is 0 Å². The zero-order chi connectivity index (χ0) is 14.6. The lowest BCUT2D eigenvalue weighted by Gasteiger charge is -2.38. The van der Waals surface area contributed by atoms with Crippen LogP contribution in [-0.2, 0) is 4.79 Å². The summed E-state index contributed by atoms with van der Waals surface area (Å²) in [6.07, 6.45) is 2.92. The van der Waals surface area contributed by atoms with Gasteiger partial charge in [-0.1, -0.05) is 6.92 Å². The zero-order valence-electron chi connectivity index (χ0n) is 13.2. The van der Waals surface area contributed by atoms with Gasteiger partial charge in [0.1, 0.15) is 0 Å². The minimum atomic E-state index is 0.171. The van der Waals surface area contributed by atoms with Gasteiger partial charge in [0.2, 0.25) is 5.91 Å². The predicted octanol–water partition coefficient (Wildman–Crippen LogP) is 1.55. The molecule has 0 spiro atoms. The fourth-order valence-corrected chi connectivity index (χ4v) is 3.33. The maximum absolute atomic E-state index is 12.7. The van der Waals surface area contributed by atoms with Crippen molar-refractivity contribution in [3.63, 3.8) is 0 Å². The van der Waals surface area contributed by atoms with Gasteiger partial charge in [0.25, 0.3) is 0 Å². The molecule has 0 aromatic carbocycles. The Labute approximate surface area is 118 Å². The van der Waals surface area contributed by atoms with Crippen LogP contribution in [0.5, 0.6) is 0 Å². The van der Waals surface area contributed by atoms with Crippen LogP contribution in [0.1, 0.15) is 40.0 Å². The highest BCUT2D eigenvalue weighted by atomic mass is 16.2. The van der Waals surface area contributed by atoms with Crippen LogP contribution in [0.4, 0.5) is 0 Å². The second-order valence-corrected chi connectivity index (χ2v) is 6.39. The first kappa shape index (κ1) is 16.4. The molecule has 4 atom stereocenters. The first-order valence-electron chi connectivity index (χ1n) is 7.57. The Hall–Kier alpha value is -0.610. The molecule has 0 heterocycles. The fourth-order valence-electron chi connectivity index (χ4n) is 3.33. The number of likely N-dealkylation sites (N-methyl/N-ethyl adjacent to an activating group) is 2. The van der Waals surface area contributed by atoms with Crippen molar-refractivity contribution in [1.29, 1.82) is 0 Å². The lowest BCUT2D eigenvalue weighted by molar-refractivity contribution is -0.140. The van der Waals surface area contributed by atoms with Gasteiger partial charge in [0.05, 0.1) is 0 Å². The molecule has 19 heavy (non-hydrogen) atoms. The number of hydrogen-bond acceptors (Lipinski definition) is 3. The molecule has 112 valence electrons. The molecule has 2 N–H and O–H groups in total. The van der Waals surface area contributed by atoms with Crippen molar-refractivity contribution >= 4 is 5.91 Å². The van der Waals surface area contributed by atoms with Crippen molar-refractivity contribution in [3.8, 4) is 0 Å². The fraction of sp³-hybridized carbons (Fsp3) is 0.933. The summed E-state index contributed by atoms with van der Waals surface area (Å²) in [6, 6.07) is 0.559. The van der Waals surface area contributed by atoms with Crippen molar-refractivity contribution in [2.45, 2.75) is 52.1 Å². The Morgan fingerprint density at radius 1 is 1.37 bits per heavy atom. The first-order valence-corrected chi connectivity index (χ1v) is 7.57. The number of hydrogen-bond donors (Lipinski definition) is 1. The van der Waals surface area contributed by atoms with Gasteiger partial charge in [-0.25, -0.2) is 0 Å². The van der Waals surface area contributed by atoms with Gasteiger partial charge in [-0.3, -0.25) is 4.79 Å². The van der Waals surface area contributed by atoms with Gasteiger partial charge >= 0.3 is 0 Å². The summed E-state index contributed by atoms with van der Waals surface area (Å²) in [5, 5.41) is 0. The van der Waals surface area contributed by atoms with E-state index in [0.29, 0.717) is 11.8 Å². The second kappa shape index (κ2) is 7.25. The van der Waals surface area contributed by atoms with E-state index in [4.69, 9.17) is 5.73 Å². The minimum absolute atomic E-state index is 0.171. The molecule has 1 amide bonds. The van der Waals surface area contributed by atoms with Gasteiger partial charge in [0, 0.05) is 31.1 Å². The van der Waals surface area contributed by atoms with Crippen LogP contribution in [0.3, 0.4) is 0 Å². The highest BCUT2D eigenvalue weighted by Crippen LogP contribution is 2.31. The summed E-state index contributed by atoms with van der Waals surface area (Å²) < 4.78 is 0. The summed E-state index contributed by atoms with van der Waals surface area (Å²) in [5.41, 5.74) is 5.99. The molecule has 0 bridgehead atoms. The molecule has 0 saturated heterocycles. The third-order valence-electron chi connectivity index (χ3n) is 4.31. The largest absolute Gasteiger partial charge is 0.339 e. The molecule has 4 nitrogen and oxygen atoms in total. The van der Waals surface area contributed by atoms with Crippen LogP contribution in [-0.4, -0.2) is 55.0 Å². The van der Waals surface area contributed by atoms with Gasteiger partial charge in [0.15, 0.2) is 0 Å². The number of carbonyl (C=O) groups excluding carboxylic acids is 1. The number of carbonyl (C=O) groups is 1. The Morgan fingerprint density at radius 2 is 2.00 bits per heavy atom. The number of nitrogens with zero attached hydrogens (tertiary/aromatic N) is 2. The molecule has 4 unspecified atom stereocenters. The molecule has 1 rings (SSSR count). The van der Waals surface area contributed by atoms with E-state index in [-0.39, 0.29) is 18.0 Å². The summed E-state index contributed by atoms with van der Waals surface area (Å²) in [4.78, 5) is 16.9. The summed E-state index contributed by atoms with van der Waals surface area (Å²) in [5.74, 6) is 0.914. The quantitative estimate of drug-likeness (QED) is 0.824. The first-order chi connectivity index (χ1) is 8.86. The normalized spacial score (nSPS) is 29.3. The number of rotatable bonds is 5. The molecule has 1 aliphatic rings. The van der Waals surface area contributed by atoms with Crippen molar-refractivity contribution in [2.24, 2.45) is 17.6 Å². The lowest BCUT2D eigenvalue weighted by Crippen LogP contribution is -2.49. The van der Waals surface area contributed by atoms with E-state index in [2.05, 4.69) is 39.8 Å². The standard InChI is InChI=1S/C15H31N3O/c1-6-18(12(3)10-17(4)5)15(19)14-8-7-13(16)9-11(14)2/h11-14H,6-10,16H2,1-5H3. The van der Waals surface area contributed by atoms with Gasteiger partial charge in [-0.05, 0) is 53.1 Å². The average Bonchev–Trinajstić information content (AvgIpc) is 2.28. The van der Waals surface area contributed by atoms with Crippen LogP contribution in [0, 0.1) is 11.8 Å². The van der Waals surface area contributed by atoms with E-state index in [1.54, 1.807) is 0 Å². The van der Waals surface area contributed by atoms with E-state index in [0.717, 1.165) is 32.4 Å². The van der Waals surface area contributed by atoms with Crippen molar-refractivity contribution in [2.75, 3.05) is 27.2 Å². The van der Waals surface area contributed by atoms with E-state index in [1.807, 2.05) is 4.90 Å². The molecule has 4 heteroatoms. The maximum Gasteiger partial charge on any atom is 0.226 e. The summed E-state index contributed by atoms with van der Waals surface area (Å²) >= 11 is 0. The monoisotopic (exact) mass is 269 g/mol. The highest BCUT2D eigenvalue weighted by molar-refractivity contribution is 5.79. The molecular formula is C15H31N3O. The van der Waals surface area contributed by atoms with Crippen LogP contribution < -0.4 is 5.73 Å². The molecule has 0 radical (unpaired) electrons. The van der Waals surface area contributed by atoms with Crippen molar-refractivity contribution in [1.82, 2.24) is 9.80 Å². The average molecular weight is 269 g/mol. The molecule has 1 saturated carbocycles. The van der Waals surface area contributed by atoms with Gasteiger partial charge in [-0.15, -0.1) is 0 Å². The van der Waals surface area contributed by atoms with Crippen LogP contribution >= 0.6 is 0 Å². The van der Waals surface area contributed by atoms with Crippen LogP contribution in [0.15, 0.2) is 0 Å². The topological polar surface area (TPSA) is 49.6 Å². The number of nitrogens with two attached hydrogens (primary N) is 1. The Kier molecular flexibility index (Phi) is 6.27. The van der Waals surface area contributed by atoms with Gasteiger partial charge < -0.3 is 15.5 Å². The highest BCUT2D eigenvalue weighted by Gasteiger charge is 2.34. The smallest absolute Gasteiger partial charge is 0.226 e. The summed E-state index contributed by atoms with van der Waals surface area (Å²) in [6.45, 7) is 8.10. The minimum Gasteiger partial charge on any atom is -0.339 e. The predicted molar refractivity (Wildman–Crippen MR) is 79.9 cm³/mol. The van der Waals surface area contributed by atoms with Crippen molar-refractivity contribution < 1.29 is 4.79 Å². The molecule has 1 fully saturated rings. The Balaban J connectivity index is 2.67. The molecule has 0 aromatic rings. The van der Waals surface area contributed by atoms with E-state index in [1.165, 1.54) is 0 Å². The molecular weight excluding hydrogens is 238 g/mol. The lowest BCUT2D eigenvalue weighted by atomic mass is 9.77. The van der Waals surface area contributed by atoms with E-state index < -0.39 is 0 Å². The maximum atomic E-state index is 12.7. The molecule has 1 aliphatic carbocycles. The van der Waals surface area contributed by atoms with Gasteiger partial charge in [-0.2, -0.15) is 0 Å². The van der Waals surface area contributed by atoms with E-state index in [9.17, 15) is 4.79 Å². The third kappa shape index (κ3) is 4.46. The second-order valence-electron chi connectivity index (χ2n) is 6.39. The SMILES string of the molecule is CCN(C(=O)C1CCC(N)CC1C)C(C)CN(C)C. The molecule has 0 aliphatic heterocycles. The third-order valence-corrected chi connectivity index (χ3v) is 4.31. The Morgan fingerprint density at radius 3 is 2.47 bits per heavy atom. The molecule has 0 aromatic heterocycles. The van der Waals surface area contributed by atoms with Crippen molar-refractivity contribution in [3.05, 3.63) is 0 Å². The summed E-state index contributed by atoms with van der Waals surface area (Å²) in [7, 11) is 4.11. The van der Waals surface area contributed by atoms with E-state index >= 15 is 0 Å². The number of amides is 1.